The lowest BCUT2D eigenvalue weighted by atomic mass is 10.1. The fraction of sp³-hybridized carbons (Fsp3) is 0.500. The van der Waals surface area contributed by atoms with E-state index in [1.807, 2.05) is 13.8 Å². The predicted molar refractivity (Wildman–Crippen MR) is 78.4 cm³/mol. The molecule has 0 radical (unpaired) electrons. The Morgan fingerprint density at radius 2 is 1.90 bits per heavy atom. The number of aliphatic carboxylic acids is 1. The van der Waals surface area contributed by atoms with E-state index in [1.54, 1.807) is 24.3 Å². The Kier molecular flexibility index (Phi) is 4.83. The van der Waals surface area contributed by atoms with Crippen molar-refractivity contribution in [2.24, 2.45) is 5.92 Å². The van der Waals surface area contributed by atoms with Crippen LogP contribution in [0.15, 0.2) is 24.3 Å². The number of carbonyl (C=O) groups is 2. The van der Waals surface area contributed by atoms with Crippen molar-refractivity contribution in [2.45, 2.75) is 45.3 Å². The third-order valence-corrected chi connectivity index (χ3v) is 3.61. The maximum absolute atomic E-state index is 12.1. The van der Waals surface area contributed by atoms with Gasteiger partial charge in [0.15, 0.2) is 0 Å². The zero-order chi connectivity index (χ0) is 15.4. The molecule has 1 aliphatic carbocycles. The van der Waals surface area contributed by atoms with E-state index < -0.39 is 5.97 Å². The molecule has 1 amide bonds. The van der Waals surface area contributed by atoms with Crippen LogP contribution in [-0.2, 0) is 4.79 Å². The molecule has 0 saturated heterocycles. The topological polar surface area (TPSA) is 75.6 Å². The van der Waals surface area contributed by atoms with Crippen LogP contribution in [-0.4, -0.2) is 29.1 Å². The number of amides is 1. The summed E-state index contributed by atoms with van der Waals surface area (Å²) in [5, 5.41) is 11.9. The SMILES string of the molecule is CC(C)Oc1ccc(C(=O)N[C@H]2CC[C@@H](C(=O)O)C2)cc1. The van der Waals surface area contributed by atoms with Gasteiger partial charge < -0.3 is 15.2 Å². The molecule has 0 heterocycles. The van der Waals surface area contributed by atoms with E-state index in [0.29, 0.717) is 18.4 Å². The fourth-order valence-corrected chi connectivity index (χ4v) is 2.56. The Bertz CT molecular complexity index is 510. The van der Waals surface area contributed by atoms with E-state index in [-0.39, 0.29) is 24.0 Å². The van der Waals surface area contributed by atoms with E-state index in [0.717, 1.165) is 12.2 Å². The highest BCUT2D eigenvalue weighted by Gasteiger charge is 2.30. The highest BCUT2D eigenvalue weighted by molar-refractivity contribution is 5.94. The van der Waals surface area contributed by atoms with Crippen molar-refractivity contribution in [3.05, 3.63) is 29.8 Å². The summed E-state index contributed by atoms with van der Waals surface area (Å²) in [5.41, 5.74) is 0.560. The van der Waals surface area contributed by atoms with Gasteiger partial charge in [-0.2, -0.15) is 0 Å². The van der Waals surface area contributed by atoms with E-state index in [1.165, 1.54) is 0 Å². The minimum absolute atomic E-state index is 0.0507. The monoisotopic (exact) mass is 291 g/mol. The number of hydrogen-bond donors (Lipinski definition) is 2. The maximum Gasteiger partial charge on any atom is 0.306 e. The van der Waals surface area contributed by atoms with Crippen LogP contribution in [0.1, 0.15) is 43.5 Å². The highest BCUT2D eigenvalue weighted by Crippen LogP contribution is 2.26. The van der Waals surface area contributed by atoms with Gasteiger partial charge in [0.25, 0.3) is 5.91 Å². The van der Waals surface area contributed by atoms with Gasteiger partial charge in [-0.3, -0.25) is 9.59 Å². The first kappa shape index (κ1) is 15.4. The molecule has 2 rings (SSSR count). The molecule has 1 aromatic carbocycles. The number of hydrogen-bond acceptors (Lipinski definition) is 3. The van der Waals surface area contributed by atoms with Gasteiger partial charge in [-0.15, -0.1) is 0 Å². The quantitative estimate of drug-likeness (QED) is 0.873. The summed E-state index contributed by atoms with van der Waals surface area (Å²) in [6.45, 7) is 3.89. The number of carbonyl (C=O) groups excluding carboxylic acids is 1. The van der Waals surface area contributed by atoms with Gasteiger partial charge in [0.05, 0.1) is 12.0 Å². The van der Waals surface area contributed by atoms with Gasteiger partial charge in [-0.05, 0) is 57.4 Å². The molecule has 2 N–H and O–H groups in total. The van der Waals surface area contributed by atoms with Crippen LogP contribution >= 0.6 is 0 Å². The second kappa shape index (κ2) is 6.61. The first-order valence-corrected chi connectivity index (χ1v) is 7.26. The molecule has 1 saturated carbocycles. The van der Waals surface area contributed by atoms with Crippen molar-refractivity contribution in [1.29, 1.82) is 0 Å². The Morgan fingerprint density at radius 1 is 1.24 bits per heavy atom. The number of ether oxygens (including phenoxy) is 1. The van der Waals surface area contributed by atoms with E-state index in [4.69, 9.17) is 9.84 Å². The molecule has 5 heteroatoms. The molecular formula is C16H21NO4. The zero-order valence-electron chi connectivity index (χ0n) is 12.3. The Morgan fingerprint density at radius 3 is 2.43 bits per heavy atom. The molecule has 0 unspecified atom stereocenters. The maximum atomic E-state index is 12.1. The summed E-state index contributed by atoms with van der Waals surface area (Å²) in [7, 11) is 0. The summed E-state index contributed by atoms with van der Waals surface area (Å²) >= 11 is 0. The highest BCUT2D eigenvalue weighted by atomic mass is 16.5. The third-order valence-electron chi connectivity index (χ3n) is 3.61. The van der Waals surface area contributed by atoms with Crippen molar-refractivity contribution in [1.82, 2.24) is 5.32 Å². The molecule has 114 valence electrons. The van der Waals surface area contributed by atoms with Crippen molar-refractivity contribution in [3.8, 4) is 5.75 Å². The molecule has 21 heavy (non-hydrogen) atoms. The summed E-state index contributed by atoms with van der Waals surface area (Å²) in [6, 6.07) is 6.92. The zero-order valence-corrected chi connectivity index (χ0v) is 12.3. The average Bonchev–Trinajstić information content (AvgIpc) is 2.87. The summed E-state index contributed by atoms with van der Waals surface area (Å²) in [6.07, 6.45) is 1.95. The van der Waals surface area contributed by atoms with Gasteiger partial charge >= 0.3 is 5.97 Å². The first-order valence-electron chi connectivity index (χ1n) is 7.26. The van der Waals surface area contributed by atoms with Crippen molar-refractivity contribution >= 4 is 11.9 Å². The van der Waals surface area contributed by atoms with Crippen LogP contribution in [0.4, 0.5) is 0 Å². The van der Waals surface area contributed by atoms with E-state index in [9.17, 15) is 9.59 Å². The molecule has 5 nitrogen and oxygen atoms in total. The summed E-state index contributed by atoms with van der Waals surface area (Å²) in [4.78, 5) is 23.0. The van der Waals surface area contributed by atoms with Crippen LogP contribution in [0, 0.1) is 5.92 Å². The van der Waals surface area contributed by atoms with Crippen LogP contribution in [0.2, 0.25) is 0 Å². The van der Waals surface area contributed by atoms with Gasteiger partial charge in [0.2, 0.25) is 0 Å². The molecular weight excluding hydrogens is 270 g/mol. The lowest BCUT2D eigenvalue weighted by Crippen LogP contribution is -2.33. The molecule has 2 atom stereocenters. The lowest BCUT2D eigenvalue weighted by Gasteiger charge is -2.13. The molecule has 0 aliphatic heterocycles. The van der Waals surface area contributed by atoms with Gasteiger partial charge in [0, 0.05) is 11.6 Å². The number of benzene rings is 1. The molecule has 0 spiro atoms. The van der Waals surface area contributed by atoms with Gasteiger partial charge in [-0.25, -0.2) is 0 Å². The fourth-order valence-electron chi connectivity index (χ4n) is 2.56. The molecule has 1 fully saturated rings. The Labute approximate surface area is 124 Å². The summed E-state index contributed by atoms with van der Waals surface area (Å²) in [5.74, 6) is -0.547. The van der Waals surface area contributed by atoms with Crippen LogP contribution in [0.5, 0.6) is 5.75 Å². The van der Waals surface area contributed by atoms with E-state index >= 15 is 0 Å². The minimum Gasteiger partial charge on any atom is -0.491 e. The van der Waals surface area contributed by atoms with Crippen LogP contribution in [0.3, 0.4) is 0 Å². The Hall–Kier alpha value is -2.04. The second-order valence-corrected chi connectivity index (χ2v) is 5.71. The number of rotatable bonds is 5. The Balaban J connectivity index is 1.90. The number of nitrogens with one attached hydrogen (secondary N) is 1. The standard InChI is InChI=1S/C16H21NO4/c1-10(2)21-14-7-4-11(5-8-14)15(18)17-13-6-3-12(9-13)16(19)20/h4-5,7-8,10,12-13H,3,6,9H2,1-2H3,(H,17,18)(H,19,20)/t12-,13+/m1/s1. The van der Waals surface area contributed by atoms with Crippen LogP contribution < -0.4 is 10.1 Å². The van der Waals surface area contributed by atoms with E-state index in [2.05, 4.69) is 5.32 Å². The third kappa shape index (κ3) is 4.21. The molecule has 0 bridgehead atoms. The smallest absolute Gasteiger partial charge is 0.306 e. The molecule has 0 aromatic heterocycles. The van der Waals surface area contributed by atoms with Crippen molar-refractivity contribution in [3.63, 3.8) is 0 Å². The largest absolute Gasteiger partial charge is 0.491 e. The summed E-state index contributed by atoms with van der Waals surface area (Å²) < 4.78 is 5.53. The predicted octanol–water partition coefficient (Wildman–Crippen LogP) is 2.46. The van der Waals surface area contributed by atoms with Crippen LogP contribution in [0.25, 0.3) is 0 Å². The second-order valence-electron chi connectivity index (χ2n) is 5.71. The first-order chi connectivity index (χ1) is 9.95. The lowest BCUT2D eigenvalue weighted by molar-refractivity contribution is -0.141. The normalized spacial score (nSPS) is 21.3. The van der Waals surface area contributed by atoms with Gasteiger partial charge in [-0.1, -0.05) is 0 Å². The molecule has 1 aromatic rings. The van der Waals surface area contributed by atoms with Crippen molar-refractivity contribution in [2.75, 3.05) is 0 Å². The number of carboxylic acids is 1. The minimum atomic E-state index is -0.776. The number of carboxylic acid groups (broad SMARTS) is 1. The van der Waals surface area contributed by atoms with Crippen molar-refractivity contribution < 1.29 is 19.4 Å². The molecule has 1 aliphatic rings. The average molecular weight is 291 g/mol. The van der Waals surface area contributed by atoms with Gasteiger partial charge in [0.1, 0.15) is 5.75 Å².